The van der Waals surface area contributed by atoms with Crippen LogP contribution in [0.4, 0.5) is 13.2 Å². The van der Waals surface area contributed by atoms with Crippen LogP contribution in [0.2, 0.25) is 0 Å². The first-order chi connectivity index (χ1) is 8.45. The Hall–Kier alpha value is -0.420. The summed E-state index contributed by atoms with van der Waals surface area (Å²) in [6, 6.07) is 0. The van der Waals surface area contributed by atoms with Crippen molar-refractivity contribution in [2.24, 2.45) is 0 Å². The van der Waals surface area contributed by atoms with Gasteiger partial charge in [-0.1, -0.05) is 0 Å². The van der Waals surface area contributed by atoms with Crippen molar-refractivity contribution in [1.82, 2.24) is 9.03 Å². The highest BCUT2D eigenvalue weighted by Crippen LogP contribution is 2.23. The molecule has 0 aromatic carbocycles. The first-order valence-corrected chi connectivity index (χ1v) is 6.99. The van der Waals surface area contributed by atoms with E-state index in [1.807, 2.05) is 0 Å². The van der Waals surface area contributed by atoms with Crippen LogP contribution >= 0.6 is 0 Å². The molecule has 1 rings (SSSR count). The Bertz CT molecular complexity index is 410. The minimum atomic E-state index is -4.62. The fraction of sp³-hybridized carbons (Fsp3) is 1.00. The number of rotatable bonds is 4. The number of alkyl halides is 3. The van der Waals surface area contributed by atoms with Crippen LogP contribution in [0.3, 0.4) is 0 Å². The average molecular weight is 306 g/mol. The number of aliphatic hydroxyl groups is 1. The molecule has 1 fully saturated rings. The lowest BCUT2D eigenvalue weighted by molar-refractivity contribution is -0.133. The second-order valence-electron chi connectivity index (χ2n) is 4.92. The Morgan fingerprint density at radius 3 is 2.53 bits per heavy atom. The van der Waals surface area contributed by atoms with E-state index in [9.17, 15) is 21.6 Å². The summed E-state index contributed by atoms with van der Waals surface area (Å²) in [6.45, 7) is 0.887. The fourth-order valence-corrected chi connectivity index (χ4v) is 3.16. The van der Waals surface area contributed by atoms with Crippen molar-refractivity contribution in [2.45, 2.75) is 31.7 Å². The SMILES string of the molecule is CC1(C)CN(S(=O)(=O)NCC(F)(F)F)CC(CO)O1. The van der Waals surface area contributed by atoms with Crippen molar-refractivity contribution < 1.29 is 31.4 Å². The van der Waals surface area contributed by atoms with Gasteiger partial charge in [0.1, 0.15) is 6.54 Å². The predicted octanol–water partition coefficient (Wildman–Crippen LogP) is -0.145. The van der Waals surface area contributed by atoms with Gasteiger partial charge in [0.25, 0.3) is 10.2 Å². The third-order valence-electron chi connectivity index (χ3n) is 2.45. The maximum Gasteiger partial charge on any atom is 0.402 e. The highest BCUT2D eigenvalue weighted by Gasteiger charge is 2.40. The zero-order valence-electron chi connectivity index (χ0n) is 10.6. The molecule has 0 bridgehead atoms. The molecule has 114 valence electrons. The van der Waals surface area contributed by atoms with Crippen LogP contribution in [0, 0.1) is 0 Å². The molecule has 1 aliphatic heterocycles. The molecule has 1 heterocycles. The molecule has 0 radical (unpaired) electrons. The fourth-order valence-electron chi connectivity index (χ4n) is 1.78. The minimum Gasteiger partial charge on any atom is -0.394 e. The van der Waals surface area contributed by atoms with Gasteiger partial charge in [-0.15, -0.1) is 0 Å². The summed E-state index contributed by atoms with van der Waals surface area (Å²) >= 11 is 0. The van der Waals surface area contributed by atoms with Crippen LogP contribution in [0.15, 0.2) is 0 Å². The number of aliphatic hydroxyl groups excluding tert-OH is 1. The molecule has 19 heavy (non-hydrogen) atoms. The lowest BCUT2D eigenvalue weighted by Gasteiger charge is -2.41. The van der Waals surface area contributed by atoms with E-state index < -0.39 is 41.2 Å². The zero-order valence-corrected chi connectivity index (χ0v) is 11.4. The molecule has 6 nitrogen and oxygen atoms in total. The van der Waals surface area contributed by atoms with E-state index in [1.165, 1.54) is 4.72 Å². The second-order valence-corrected chi connectivity index (χ2v) is 6.67. The van der Waals surface area contributed by atoms with Crippen LogP contribution in [0.25, 0.3) is 0 Å². The standard InChI is InChI=1S/C9H17F3N2O4S/c1-8(2)6-14(3-7(4-15)18-8)19(16,17)13-5-9(10,11)12/h7,13,15H,3-6H2,1-2H3. The lowest BCUT2D eigenvalue weighted by atomic mass is 10.1. The number of ether oxygens (including phenoxy) is 1. The maximum atomic E-state index is 12.0. The third-order valence-corrected chi connectivity index (χ3v) is 3.92. The molecule has 2 N–H and O–H groups in total. The summed E-state index contributed by atoms with van der Waals surface area (Å²) in [7, 11) is -4.26. The first-order valence-electron chi connectivity index (χ1n) is 5.55. The van der Waals surface area contributed by atoms with Gasteiger partial charge in [-0.2, -0.15) is 30.6 Å². The largest absolute Gasteiger partial charge is 0.402 e. The average Bonchev–Trinajstić information content (AvgIpc) is 2.23. The van der Waals surface area contributed by atoms with Gasteiger partial charge in [0.15, 0.2) is 0 Å². The van der Waals surface area contributed by atoms with E-state index in [0.717, 1.165) is 4.31 Å². The van der Waals surface area contributed by atoms with E-state index >= 15 is 0 Å². The van der Waals surface area contributed by atoms with E-state index in [2.05, 4.69) is 0 Å². The summed E-state index contributed by atoms with van der Waals surface area (Å²) in [5, 5.41) is 9.02. The number of morpholine rings is 1. The van der Waals surface area contributed by atoms with Crippen LogP contribution < -0.4 is 4.72 Å². The Kier molecular flexibility index (Phi) is 4.84. The monoisotopic (exact) mass is 306 g/mol. The van der Waals surface area contributed by atoms with Gasteiger partial charge in [-0.3, -0.25) is 0 Å². The Morgan fingerprint density at radius 1 is 1.47 bits per heavy atom. The summed E-state index contributed by atoms with van der Waals surface area (Å²) < 4.78 is 67.4. The second kappa shape index (κ2) is 5.52. The van der Waals surface area contributed by atoms with Gasteiger partial charge in [0.2, 0.25) is 0 Å². The lowest BCUT2D eigenvalue weighted by Crippen LogP contribution is -2.58. The van der Waals surface area contributed by atoms with Crippen molar-refractivity contribution in [3.63, 3.8) is 0 Å². The molecule has 0 spiro atoms. The van der Waals surface area contributed by atoms with E-state index in [-0.39, 0.29) is 13.1 Å². The Morgan fingerprint density at radius 2 is 2.05 bits per heavy atom. The van der Waals surface area contributed by atoms with Crippen molar-refractivity contribution >= 4 is 10.2 Å². The molecule has 0 aromatic rings. The molecule has 0 saturated carbocycles. The predicted molar refractivity (Wildman–Crippen MR) is 60.6 cm³/mol. The number of nitrogens with zero attached hydrogens (tertiary/aromatic N) is 1. The van der Waals surface area contributed by atoms with Crippen molar-refractivity contribution in [2.75, 3.05) is 26.2 Å². The summed E-state index contributed by atoms with van der Waals surface area (Å²) in [5.74, 6) is 0. The maximum absolute atomic E-state index is 12.0. The zero-order chi connectivity index (χ0) is 14.9. The Balaban J connectivity index is 2.77. The number of halogens is 3. The normalized spacial score (nSPS) is 25.5. The van der Waals surface area contributed by atoms with Gasteiger partial charge in [0, 0.05) is 13.1 Å². The van der Waals surface area contributed by atoms with Crippen LogP contribution in [0.1, 0.15) is 13.8 Å². The van der Waals surface area contributed by atoms with Gasteiger partial charge >= 0.3 is 6.18 Å². The van der Waals surface area contributed by atoms with Gasteiger partial charge in [0.05, 0.1) is 18.3 Å². The summed E-state index contributed by atoms with van der Waals surface area (Å²) in [4.78, 5) is 0. The summed E-state index contributed by atoms with van der Waals surface area (Å²) in [5.41, 5.74) is -0.876. The van der Waals surface area contributed by atoms with E-state index in [1.54, 1.807) is 13.8 Å². The number of hydrogen-bond donors (Lipinski definition) is 2. The smallest absolute Gasteiger partial charge is 0.394 e. The van der Waals surface area contributed by atoms with Gasteiger partial charge < -0.3 is 9.84 Å². The topological polar surface area (TPSA) is 78.9 Å². The molecule has 1 atom stereocenters. The molecule has 0 amide bonds. The minimum absolute atomic E-state index is 0.0866. The Labute approximate surface area is 109 Å². The van der Waals surface area contributed by atoms with Crippen molar-refractivity contribution in [3.8, 4) is 0 Å². The first kappa shape index (κ1) is 16.6. The molecule has 1 aliphatic rings. The van der Waals surface area contributed by atoms with Crippen LogP contribution in [-0.4, -0.2) is 62.0 Å². The molecule has 0 aromatic heterocycles. The van der Waals surface area contributed by atoms with Crippen LogP contribution in [-0.2, 0) is 14.9 Å². The van der Waals surface area contributed by atoms with E-state index in [4.69, 9.17) is 9.84 Å². The summed E-state index contributed by atoms with van der Waals surface area (Å²) in [6.07, 6.45) is -5.38. The van der Waals surface area contributed by atoms with E-state index in [0.29, 0.717) is 0 Å². The molecular formula is C9H17F3N2O4S. The molecule has 1 unspecified atom stereocenters. The van der Waals surface area contributed by atoms with Crippen molar-refractivity contribution in [3.05, 3.63) is 0 Å². The third kappa shape index (κ3) is 5.22. The van der Waals surface area contributed by atoms with Gasteiger partial charge in [-0.05, 0) is 13.8 Å². The van der Waals surface area contributed by atoms with Crippen molar-refractivity contribution in [1.29, 1.82) is 0 Å². The van der Waals surface area contributed by atoms with Gasteiger partial charge in [-0.25, -0.2) is 0 Å². The highest BCUT2D eigenvalue weighted by molar-refractivity contribution is 7.87. The number of hydrogen-bond acceptors (Lipinski definition) is 4. The molecule has 1 saturated heterocycles. The molecular weight excluding hydrogens is 289 g/mol. The number of nitrogens with one attached hydrogen (secondary N) is 1. The molecule has 0 aliphatic carbocycles. The highest BCUT2D eigenvalue weighted by atomic mass is 32.2. The quantitative estimate of drug-likeness (QED) is 0.757. The molecule has 10 heteroatoms. The van der Waals surface area contributed by atoms with Crippen LogP contribution in [0.5, 0.6) is 0 Å².